The molecule has 9 heteroatoms. The van der Waals surface area contributed by atoms with Crippen LogP contribution in [0.5, 0.6) is 0 Å². The summed E-state index contributed by atoms with van der Waals surface area (Å²) in [5.74, 6) is -5.87. The molecule has 0 bridgehead atoms. The molecule has 1 N–H and O–H groups in total. The lowest BCUT2D eigenvalue weighted by molar-refractivity contribution is -0.148. The summed E-state index contributed by atoms with van der Waals surface area (Å²) in [4.78, 5) is 9.99. The first-order valence-electron chi connectivity index (χ1n) is 5.37. The highest BCUT2D eigenvalue weighted by Crippen LogP contribution is 2.20. The predicted molar refractivity (Wildman–Crippen MR) is 63.2 cm³/mol. The third-order valence-electron chi connectivity index (χ3n) is 2.28. The number of esters is 1. The molecule has 0 saturated carbocycles. The number of carbonyl (C=O) groups excluding carboxylic acids is 1. The lowest BCUT2D eigenvalue weighted by Crippen LogP contribution is -2.38. The van der Waals surface area contributed by atoms with Crippen LogP contribution in [0.2, 0.25) is 0 Å². The normalized spacial score (nSPS) is 12.2. The Morgan fingerprint density at radius 1 is 1.35 bits per heavy atom. The van der Waals surface area contributed by atoms with Crippen LogP contribution in [0.25, 0.3) is 0 Å². The van der Waals surface area contributed by atoms with Crippen molar-refractivity contribution in [2.75, 3.05) is 13.7 Å². The smallest absolute Gasteiger partial charge is 0.311 e. The molecule has 0 aromatic heterocycles. The number of carbonyl (C=O) groups is 1. The van der Waals surface area contributed by atoms with Gasteiger partial charge in [-0.25, -0.2) is 26.3 Å². The van der Waals surface area contributed by atoms with Gasteiger partial charge >= 0.3 is 5.97 Å². The lowest BCUT2D eigenvalue weighted by atomic mass is 10.2. The third kappa shape index (κ3) is 4.49. The SMILES string of the molecule is COC(=O)CC(F)(F)CNS(=O)(=O)c1ccccc1F. The highest BCUT2D eigenvalue weighted by atomic mass is 32.2. The van der Waals surface area contributed by atoms with E-state index in [0.717, 1.165) is 19.2 Å². The highest BCUT2D eigenvalue weighted by molar-refractivity contribution is 7.89. The number of rotatable bonds is 6. The molecular weight excluding hydrogens is 299 g/mol. The molecule has 1 aromatic carbocycles. The van der Waals surface area contributed by atoms with Crippen LogP contribution in [0, 0.1) is 5.82 Å². The van der Waals surface area contributed by atoms with E-state index in [4.69, 9.17) is 0 Å². The fourth-order valence-electron chi connectivity index (χ4n) is 1.29. The van der Waals surface area contributed by atoms with Gasteiger partial charge in [-0.15, -0.1) is 0 Å². The van der Waals surface area contributed by atoms with Gasteiger partial charge in [0.1, 0.15) is 17.1 Å². The van der Waals surface area contributed by atoms with Crippen molar-refractivity contribution in [2.45, 2.75) is 17.2 Å². The van der Waals surface area contributed by atoms with Crippen molar-refractivity contribution in [3.63, 3.8) is 0 Å². The van der Waals surface area contributed by atoms with Gasteiger partial charge in [-0.05, 0) is 12.1 Å². The molecule has 1 aromatic rings. The van der Waals surface area contributed by atoms with Crippen molar-refractivity contribution in [2.24, 2.45) is 0 Å². The maximum atomic E-state index is 13.3. The molecule has 0 atom stereocenters. The molecule has 0 aliphatic heterocycles. The first-order valence-corrected chi connectivity index (χ1v) is 6.85. The third-order valence-corrected chi connectivity index (χ3v) is 3.71. The van der Waals surface area contributed by atoms with Crippen LogP contribution in [-0.2, 0) is 19.6 Å². The summed E-state index contributed by atoms with van der Waals surface area (Å²) in [6.45, 7) is -1.33. The molecule has 112 valence electrons. The molecule has 0 unspecified atom stereocenters. The van der Waals surface area contributed by atoms with Gasteiger partial charge in [0.25, 0.3) is 5.92 Å². The van der Waals surface area contributed by atoms with Crippen molar-refractivity contribution in [1.29, 1.82) is 0 Å². The lowest BCUT2D eigenvalue weighted by Gasteiger charge is -2.16. The quantitative estimate of drug-likeness (QED) is 0.804. The van der Waals surface area contributed by atoms with Gasteiger partial charge in [-0.1, -0.05) is 12.1 Å². The number of ether oxygens (including phenoxy) is 1. The first kappa shape index (κ1) is 16.4. The molecule has 1 rings (SSSR count). The number of methoxy groups -OCH3 is 1. The number of hydrogen-bond donors (Lipinski definition) is 1. The van der Waals surface area contributed by atoms with E-state index in [1.807, 2.05) is 0 Å². The van der Waals surface area contributed by atoms with E-state index < -0.39 is 45.6 Å². The van der Waals surface area contributed by atoms with E-state index in [2.05, 4.69) is 4.74 Å². The van der Waals surface area contributed by atoms with E-state index in [-0.39, 0.29) is 0 Å². The van der Waals surface area contributed by atoms with E-state index in [0.29, 0.717) is 0 Å². The second-order valence-corrected chi connectivity index (χ2v) is 5.60. The number of halogens is 3. The minimum atomic E-state index is -4.42. The maximum absolute atomic E-state index is 13.3. The van der Waals surface area contributed by atoms with Crippen LogP contribution in [0.4, 0.5) is 13.2 Å². The number of alkyl halides is 2. The standard InChI is InChI=1S/C11H12F3NO4S/c1-19-10(16)6-11(13,14)7-15-20(17,18)9-5-3-2-4-8(9)12/h2-5,15H,6-7H2,1H3. The van der Waals surface area contributed by atoms with Crippen LogP contribution in [0.15, 0.2) is 29.2 Å². The Bertz CT molecular complexity index is 589. The zero-order chi connectivity index (χ0) is 15.4. The summed E-state index contributed by atoms with van der Waals surface area (Å²) in [5, 5.41) is 0. The topological polar surface area (TPSA) is 72.5 Å². The molecule has 0 aliphatic rings. The molecule has 0 heterocycles. The second kappa shape index (κ2) is 6.23. The summed E-state index contributed by atoms with van der Waals surface area (Å²) >= 11 is 0. The second-order valence-electron chi connectivity index (χ2n) is 3.86. The van der Waals surface area contributed by atoms with Gasteiger partial charge in [0.2, 0.25) is 10.0 Å². The number of nitrogens with one attached hydrogen (secondary N) is 1. The van der Waals surface area contributed by atoms with Crippen LogP contribution in [-0.4, -0.2) is 34.0 Å². The summed E-state index contributed by atoms with van der Waals surface area (Å²) in [7, 11) is -3.49. The number of sulfonamides is 1. The van der Waals surface area contributed by atoms with Crippen LogP contribution >= 0.6 is 0 Å². The Morgan fingerprint density at radius 2 is 1.95 bits per heavy atom. The van der Waals surface area contributed by atoms with Crippen molar-refractivity contribution in [1.82, 2.24) is 4.72 Å². The largest absolute Gasteiger partial charge is 0.469 e. The van der Waals surface area contributed by atoms with E-state index in [1.165, 1.54) is 12.1 Å². The zero-order valence-electron chi connectivity index (χ0n) is 10.4. The minimum absolute atomic E-state index is 0.742. The number of hydrogen-bond acceptors (Lipinski definition) is 4. The summed E-state index contributed by atoms with van der Waals surface area (Å²) in [6, 6.07) is 4.35. The Labute approximate surface area is 113 Å². The van der Waals surface area contributed by atoms with Gasteiger partial charge in [0.15, 0.2) is 0 Å². The predicted octanol–water partition coefficient (Wildman–Crippen LogP) is 1.30. The molecule has 0 spiro atoms. The summed E-state index contributed by atoms with van der Waals surface area (Å²) in [6.07, 6.45) is -1.27. The maximum Gasteiger partial charge on any atom is 0.311 e. The molecular formula is C11H12F3NO4S. The first-order chi connectivity index (χ1) is 9.18. The van der Waals surface area contributed by atoms with Gasteiger partial charge in [-0.3, -0.25) is 4.79 Å². The van der Waals surface area contributed by atoms with E-state index in [9.17, 15) is 26.4 Å². The van der Waals surface area contributed by atoms with Crippen LogP contribution in [0.3, 0.4) is 0 Å². The Balaban J connectivity index is 2.78. The van der Waals surface area contributed by atoms with Crippen LogP contribution < -0.4 is 4.72 Å². The average molecular weight is 311 g/mol. The van der Waals surface area contributed by atoms with Crippen molar-refractivity contribution >= 4 is 16.0 Å². The van der Waals surface area contributed by atoms with Crippen molar-refractivity contribution < 1.29 is 31.1 Å². The molecule has 0 aliphatic carbocycles. The van der Waals surface area contributed by atoms with Gasteiger partial charge < -0.3 is 4.74 Å². The van der Waals surface area contributed by atoms with Gasteiger partial charge in [0, 0.05) is 0 Å². The molecule has 0 fully saturated rings. The summed E-state index contributed by atoms with van der Waals surface area (Å²) < 4.78 is 68.8. The Kier molecular flexibility index (Phi) is 5.12. The molecule has 5 nitrogen and oxygen atoms in total. The van der Waals surface area contributed by atoms with Crippen LogP contribution in [0.1, 0.15) is 6.42 Å². The minimum Gasteiger partial charge on any atom is -0.469 e. The Morgan fingerprint density at radius 3 is 2.50 bits per heavy atom. The summed E-state index contributed by atoms with van der Waals surface area (Å²) in [5.41, 5.74) is 0. The monoisotopic (exact) mass is 311 g/mol. The van der Waals surface area contributed by atoms with Gasteiger partial charge in [0.05, 0.1) is 13.7 Å². The van der Waals surface area contributed by atoms with E-state index in [1.54, 1.807) is 4.72 Å². The zero-order valence-corrected chi connectivity index (χ0v) is 11.2. The Hall–Kier alpha value is -1.61. The molecule has 0 amide bonds. The fraction of sp³-hybridized carbons (Fsp3) is 0.364. The molecule has 0 saturated heterocycles. The van der Waals surface area contributed by atoms with Gasteiger partial charge in [-0.2, -0.15) is 0 Å². The van der Waals surface area contributed by atoms with E-state index >= 15 is 0 Å². The van der Waals surface area contributed by atoms with Crippen molar-refractivity contribution in [3.05, 3.63) is 30.1 Å². The highest BCUT2D eigenvalue weighted by Gasteiger charge is 2.35. The fourth-order valence-corrected chi connectivity index (χ4v) is 2.43. The molecule has 20 heavy (non-hydrogen) atoms. The average Bonchev–Trinajstić information content (AvgIpc) is 2.36. The number of benzene rings is 1. The van der Waals surface area contributed by atoms with Crippen molar-refractivity contribution in [3.8, 4) is 0 Å². The molecule has 0 radical (unpaired) electrons.